The number of nitrogens with one attached hydrogen (secondary N) is 1. The van der Waals surface area contributed by atoms with Gasteiger partial charge in [0.05, 0.1) is 0 Å². The maximum atomic E-state index is 10.3. The molecule has 0 aliphatic heterocycles. The molecule has 1 aliphatic rings. The molecule has 0 bridgehead atoms. The van der Waals surface area contributed by atoms with Crippen LogP contribution in [-0.2, 0) is 0 Å². The van der Waals surface area contributed by atoms with E-state index in [4.69, 9.17) is 9.84 Å². The zero-order chi connectivity index (χ0) is 11.5. The van der Waals surface area contributed by atoms with Crippen molar-refractivity contribution in [3.63, 3.8) is 0 Å². The van der Waals surface area contributed by atoms with E-state index in [-0.39, 0.29) is 12.1 Å². The van der Waals surface area contributed by atoms with Crippen LogP contribution in [0, 0.1) is 0 Å². The summed E-state index contributed by atoms with van der Waals surface area (Å²) in [6, 6.07) is 3.65. The molecule has 6 heteroatoms. The van der Waals surface area contributed by atoms with Crippen LogP contribution in [0.2, 0.25) is 0 Å². The molecule has 0 aromatic carbocycles. The number of pyridine rings is 1. The Kier molecular flexibility index (Phi) is 3.28. The van der Waals surface area contributed by atoms with Gasteiger partial charge in [0.25, 0.3) is 0 Å². The molecule has 1 heterocycles. The smallest absolute Gasteiger partial charge is 0.404 e. The summed E-state index contributed by atoms with van der Waals surface area (Å²) in [5.74, 6) is 0.571. The number of carboxylic acid groups (broad SMARTS) is 1. The number of halogens is 1. The van der Waals surface area contributed by atoms with Crippen LogP contribution >= 0.6 is 15.9 Å². The molecule has 1 amide bonds. The standard InChI is InChI=1S/C10H11BrN2O3/c11-6-1-2-9(12-5-6)16-8-3-7(4-8)13-10(14)15/h1-2,5,7-8,13H,3-4H2,(H,14,15)/t7-,8+. The minimum atomic E-state index is -0.981. The lowest BCUT2D eigenvalue weighted by Crippen LogP contribution is -2.48. The van der Waals surface area contributed by atoms with Gasteiger partial charge in [-0.2, -0.15) is 0 Å². The molecule has 0 spiro atoms. The second-order valence-corrected chi connectivity index (χ2v) is 4.59. The summed E-state index contributed by atoms with van der Waals surface area (Å²) in [5.41, 5.74) is 0. The fourth-order valence-corrected chi connectivity index (χ4v) is 1.79. The Labute approximate surface area is 101 Å². The number of hydrogen-bond acceptors (Lipinski definition) is 3. The zero-order valence-electron chi connectivity index (χ0n) is 8.39. The Morgan fingerprint density at radius 2 is 2.31 bits per heavy atom. The van der Waals surface area contributed by atoms with Crippen molar-refractivity contribution in [2.24, 2.45) is 0 Å². The van der Waals surface area contributed by atoms with Gasteiger partial charge in [-0.3, -0.25) is 0 Å². The van der Waals surface area contributed by atoms with Crippen molar-refractivity contribution in [1.82, 2.24) is 10.3 Å². The summed E-state index contributed by atoms with van der Waals surface area (Å²) in [6.45, 7) is 0. The van der Waals surface area contributed by atoms with Crippen LogP contribution in [0.1, 0.15) is 12.8 Å². The van der Waals surface area contributed by atoms with Crippen molar-refractivity contribution in [2.75, 3.05) is 0 Å². The molecule has 1 aromatic rings. The van der Waals surface area contributed by atoms with E-state index >= 15 is 0 Å². The molecule has 86 valence electrons. The van der Waals surface area contributed by atoms with E-state index < -0.39 is 6.09 Å². The number of carbonyl (C=O) groups is 1. The minimum Gasteiger partial charge on any atom is -0.474 e. The average molecular weight is 287 g/mol. The highest BCUT2D eigenvalue weighted by atomic mass is 79.9. The summed E-state index contributed by atoms with van der Waals surface area (Å²) in [7, 11) is 0. The normalized spacial score (nSPS) is 23.3. The molecule has 0 unspecified atom stereocenters. The van der Waals surface area contributed by atoms with Gasteiger partial charge < -0.3 is 15.2 Å². The largest absolute Gasteiger partial charge is 0.474 e. The first-order valence-corrected chi connectivity index (χ1v) is 5.70. The van der Waals surface area contributed by atoms with E-state index in [2.05, 4.69) is 26.2 Å². The summed E-state index contributed by atoms with van der Waals surface area (Å²) >= 11 is 3.29. The third kappa shape index (κ3) is 2.85. The maximum absolute atomic E-state index is 10.3. The monoisotopic (exact) mass is 286 g/mol. The van der Waals surface area contributed by atoms with Gasteiger partial charge in [0.2, 0.25) is 5.88 Å². The molecule has 2 rings (SSSR count). The van der Waals surface area contributed by atoms with Crippen LogP contribution in [0.15, 0.2) is 22.8 Å². The van der Waals surface area contributed by atoms with Crippen molar-refractivity contribution in [3.8, 4) is 5.88 Å². The zero-order valence-corrected chi connectivity index (χ0v) is 9.98. The first-order chi connectivity index (χ1) is 7.63. The number of aromatic nitrogens is 1. The van der Waals surface area contributed by atoms with Gasteiger partial charge in [0, 0.05) is 35.6 Å². The molecule has 0 radical (unpaired) electrons. The third-order valence-electron chi connectivity index (χ3n) is 2.41. The predicted molar refractivity (Wildman–Crippen MR) is 60.5 cm³/mol. The molecule has 1 aliphatic carbocycles. The molecule has 1 fully saturated rings. The molecule has 2 N–H and O–H groups in total. The molecule has 1 aromatic heterocycles. The van der Waals surface area contributed by atoms with Gasteiger partial charge in [-0.25, -0.2) is 9.78 Å². The van der Waals surface area contributed by atoms with Gasteiger partial charge in [0.15, 0.2) is 0 Å². The molecular weight excluding hydrogens is 276 g/mol. The van der Waals surface area contributed by atoms with E-state index in [0.29, 0.717) is 18.7 Å². The Morgan fingerprint density at radius 1 is 1.56 bits per heavy atom. The van der Waals surface area contributed by atoms with E-state index in [9.17, 15) is 4.79 Å². The lowest BCUT2D eigenvalue weighted by molar-refractivity contribution is 0.0793. The van der Waals surface area contributed by atoms with Gasteiger partial charge in [-0.1, -0.05) is 0 Å². The molecular formula is C10H11BrN2O3. The Balaban J connectivity index is 1.77. The van der Waals surface area contributed by atoms with Crippen LogP contribution in [0.4, 0.5) is 4.79 Å². The minimum absolute atomic E-state index is 0.0120. The van der Waals surface area contributed by atoms with Crippen molar-refractivity contribution >= 4 is 22.0 Å². The van der Waals surface area contributed by atoms with Gasteiger partial charge in [0.1, 0.15) is 6.10 Å². The number of amides is 1. The number of rotatable bonds is 3. The lowest BCUT2D eigenvalue weighted by atomic mass is 9.89. The van der Waals surface area contributed by atoms with Crippen LogP contribution in [0.3, 0.4) is 0 Å². The molecule has 5 nitrogen and oxygen atoms in total. The van der Waals surface area contributed by atoms with E-state index in [0.717, 1.165) is 4.47 Å². The quantitative estimate of drug-likeness (QED) is 0.892. The van der Waals surface area contributed by atoms with E-state index in [1.54, 1.807) is 12.3 Å². The van der Waals surface area contributed by atoms with Crippen molar-refractivity contribution in [2.45, 2.75) is 25.0 Å². The summed E-state index contributed by atoms with van der Waals surface area (Å²) < 4.78 is 6.45. The van der Waals surface area contributed by atoms with Gasteiger partial charge in [-0.05, 0) is 22.0 Å². The lowest BCUT2D eigenvalue weighted by Gasteiger charge is -2.34. The van der Waals surface area contributed by atoms with Crippen molar-refractivity contribution in [3.05, 3.63) is 22.8 Å². The Morgan fingerprint density at radius 3 is 2.88 bits per heavy atom. The third-order valence-corrected chi connectivity index (χ3v) is 2.88. The second kappa shape index (κ2) is 4.69. The number of hydrogen-bond donors (Lipinski definition) is 2. The predicted octanol–water partition coefficient (Wildman–Crippen LogP) is 2.02. The highest BCUT2D eigenvalue weighted by molar-refractivity contribution is 9.10. The summed E-state index contributed by atoms with van der Waals surface area (Å²) in [6.07, 6.45) is 2.14. The maximum Gasteiger partial charge on any atom is 0.404 e. The molecule has 0 saturated heterocycles. The first kappa shape index (κ1) is 11.2. The van der Waals surface area contributed by atoms with Crippen LogP contribution in [0.5, 0.6) is 5.88 Å². The molecule has 16 heavy (non-hydrogen) atoms. The van der Waals surface area contributed by atoms with Crippen LogP contribution in [-0.4, -0.2) is 28.3 Å². The molecule has 0 atom stereocenters. The topological polar surface area (TPSA) is 71.5 Å². The van der Waals surface area contributed by atoms with E-state index in [1.807, 2.05) is 6.07 Å². The van der Waals surface area contributed by atoms with E-state index in [1.165, 1.54) is 0 Å². The Hall–Kier alpha value is -1.30. The number of ether oxygens (including phenoxy) is 1. The second-order valence-electron chi connectivity index (χ2n) is 3.67. The van der Waals surface area contributed by atoms with Crippen molar-refractivity contribution in [1.29, 1.82) is 0 Å². The fourth-order valence-electron chi connectivity index (χ4n) is 1.56. The average Bonchev–Trinajstić information content (AvgIpc) is 2.17. The van der Waals surface area contributed by atoms with Crippen molar-refractivity contribution < 1.29 is 14.6 Å². The highest BCUT2D eigenvalue weighted by Gasteiger charge is 2.32. The van der Waals surface area contributed by atoms with Crippen LogP contribution < -0.4 is 10.1 Å². The van der Waals surface area contributed by atoms with Gasteiger partial charge in [-0.15, -0.1) is 0 Å². The molecule has 1 saturated carbocycles. The number of nitrogens with zero attached hydrogens (tertiary/aromatic N) is 1. The summed E-state index contributed by atoms with van der Waals surface area (Å²) in [5, 5.41) is 10.9. The van der Waals surface area contributed by atoms with Gasteiger partial charge >= 0.3 is 6.09 Å². The van der Waals surface area contributed by atoms with Crippen LogP contribution in [0.25, 0.3) is 0 Å². The SMILES string of the molecule is O=C(O)N[C@H]1C[C@@H](Oc2ccc(Br)cn2)C1. The highest BCUT2D eigenvalue weighted by Crippen LogP contribution is 2.25. The summed E-state index contributed by atoms with van der Waals surface area (Å²) in [4.78, 5) is 14.4. The Bertz CT molecular complexity index is 376. The first-order valence-electron chi connectivity index (χ1n) is 4.91. The fraction of sp³-hybridized carbons (Fsp3) is 0.400.